The second-order valence-electron chi connectivity index (χ2n) is 7.39. The third kappa shape index (κ3) is 4.31. The molecule has 1 aromatic heterocycles. The highest BCUT2D eigenvalue weighted by molar-refractivity contribution is 7.99. The van der Waals surface area contributed by atoms with Gasteiger partial charge in [-0.25, -0.2) is 4.79 Å². The van der Waals surface area contributed by atoms with E-state index in [1.165, 1.54) is 0 Å². The van der Waals surface area contributed by atoms with Crippen molar-refractivity contribution in [1.29, 1.82) is 0 Å². The average molecular weight is 453 g/mol. The number of rotatable bonds is 4. The van der Waals surface area contributed by atoms with Gasteiger partial charge < -0.3 is 10.6 Å². The molecule has 7 heteroatoms. The number of urea groups is 1. The maximum absolute atomic E-state index is 13.5. The summed E-state index contributed by atoms with van der Waals surface area (Å²) in [5, 5.41) is 5.84. The topological polar surface area (TPSA) is 74.3 Å². The number of carbonyl (C=O) groups is 2. The summed E-state index contributed by atoms with van der Waals surface area (Å²) >= 11 is 1.63. The first-order chi connectivity index (χ1) is 16.2. The third-order valence-corrected chi connectivity index (χ3v) is 6.35. The average Bonchev–Trinajstić information content (AvgIpc) is 2.86. The molecule has 0 fully saturated rings. The number of amides is 3. The van der Waals surface area contributed by atoms with Gasteiger partial charge in [0.25, 0.3) is 5.91 Å². The number of para-hydroxylation sites is 3. The normalized spacial score (nSPS) is 11.8. The molecule has 2 N–H and O–H groups in total. The van der Waals surface area contributed by atoms with Crippen molar-refractivity contribution in [2.24, 2.45) is 0 Å². The molecule has 0 bridgehead atoms. The molecular weight excluding hydrogens is 432 g/mol. The monoisotopic (exact) mass is 452 g/mol. The first-order valence-electron chi connectivity index (χ1n) is 10.4. The number of carbonyl (C=O) groups excluding carboxylic acids is 2. The highest BCUT2D eigenvalue weighted by Gasteiger charge is 2.28. The van der Waals surface area contributed by atoms with Gasteiger partial charge in [-0.05, 0) is 48.0 Å². The summed E-state index contributed by atoms with van der Waals surface area (Å²) in [6, 6.07) is 25.9. The quantitative estimate of drug-likeness (QED) is 0.408. The van der Waals surface area contributed by atoms with Crippen LogP contribution in [0.15, 0.2) is 107 Å². The molecule has 0 saturated carbocycles. The molecule has 33 heavy (non-hydrogen) atoms. The van der Waals surface area contributed by atoms with E-state index in [9.17, 15) is 9.59 Å². The number of benzene rings is 3. The highest BCUT2D eigenvalue weighted by atomic mass is 32.2. The fourth-order valence-electron chi connectivity index (χ4n) is 3.66. The van der Waals surface area contributed by atoms with Gasteiger partial charge in [0.15, 0.2) is 0 Å². The number of hydrogen-bond donors (Lipinski definition) is 2. The van der Waals surface area contributed by atoms with Crippen molar-refractivity contribution in [3.8, 4) is 0 Å². The summed E-state index contributed by atoms with van der Waals surface area (Å²) in [4.78, 5) is 34.1. The number of anilines is 3. The summed E-state index contributed by atoms with van der Waals surface area (Å²) in [5.41, 5.74) is 3.34. The fraction of sp³-hybridized carbons (Fsp3) is 0.0385. The van der Waals surface area contributed by atoms with Crippen LogP contribution < -0.4 is 15.5 Å². The molecule has 1 aliphatic rings. The van der Waals surface area contributed by atoms with Crippen LogP contribution in [0.1, 0.15) is 15.9 Å². The van der Waals surface area contributed by atoms with E-state index in [0.717, 1.165) is 26.7 Å². The van der Waals surface area contributed by atoms with E-state index in [1.54, 1.807) is 53.3 Å². The van der Waals surface area contributed by atoms with Crippen molar-refractivity contribution in [3.63, 3.8) is 0 Å². The first kappa shape index (κ1) is 20.8. The Morgan fingerprint density at radius 1 is 0.818 bits per heavy atom. The van der Waals surface area contributed by atoms with E-state index < -0.39 is 0 Å². The van der Waals surface area contributed by atoms with Crippen LogP contribution in [0.3, 0.4) is 0 Å². The summed E-state index contributed by atoms with van der Waals surface area (Å²) in [6.07, 6.45) is 3.39. The van der Waals surface area contributed by atoms with Crippen molar-refractivity contribution < 1.29 is 9.59 Å². The van der Waals surface area contributed by atoms with Crippen molar-refractivity contribution in [2.45, 2.75) is 16.3 Å². The maximum Gasteiger partial charge on any atom is 0.331 e. The molecule has 0 saturated heterocycles. The number of hydrogen-bond acceptors (Lipinski definition) is 4. The SMILES string of the molecule is O=C(NCc1cccnc1)c1ccccc1NC(=O)N1c2ccccc2Sc2ccccc21. The van der Waals surface area contributed by atoms with Gasteiger partial charge in [0.1, 0.15) is 0 Å². The van der Waals surface area contributed by atoms with Crippen LogP contribution >= 0.6 is 11.8 Å². The zero-order chi connectivity index (χ0) is 22.6. The minimum absolute atomic E-state index is 0.273. The Balaban J connectivity index is 1.41. The Labute approximate surface area is 195 Å². The zero-order valence-corrected chi connectivity index (χ0v) is 18.4. The predicted octanol–water partition coefficient (Wildman–Crippen LogP) is 5.85. The largest absolute Gasteiger partial charge is 0.348 e. The number of nitrogens with zero attached hydrogens (tertiary/aromatic N) is 2. The van der Waals surface area contributed by atoms with E-state index in [1.807, 2.05) is 60.7 Å². The number of pyridine rings is 1. The fourth-order valence-corrected chi connectivity index (χ4v) is 4.72. The van der Waals surface area contributed by atoms with Crippen molar-refractivity contribution >= 4 is 40.8 Å². The Kier molecular flexibility index (Phi) is 5.78. The van der Waals surface area contributed by atoms with Crippen LogP contribution in [-0.2, 0) is 6.54 Å². The molecular formula is C26H20N4O2S. The minimum Gasteiger partial charge on any atom is -0.348 e. The van der Waals surface area contributed by atoms with Gasteiger partial charge in [0.05, 0.1) is 22.6 Å². The lowest BCUT2D eigenvalue weighted by atomic mass is 10.1. The molecule has 2 heterocycles. The Bertz CT molecular complexity index is 1280. The van der Waals surface area contributed by atoms with Gasteiger partial charge in [-0.2, -0.15) is 0 Å². The van der Waals surface area contributed by atoms with E-state index in [4.69, 9.17) is 0 Å². The zero-order valence-electron chi connectivity index (χ0n) is 17.6. The van der Waals surface area contributed by atoms with Crippen molar-refractivity contribution in [2.75, 3.05) is 10.2 Å². The lowest BCUT2D eigenvalue weighted by molar-refractivity contribution is 0.0951. The predicted molar refractivity (Wildman–Crippen MR) is 130 cm³/mol. The molecule has 0 spiro atoms. The summed E-state index contributed by atoms with van der Waals surface area (Å²) < 4.78 is 0. The second kappa shape index (κ2) is 9.18. The van der Waals surface area contributed by atoms with E-state index in [-0.39, 0.29) is 11.9 Å². The van der Waals surface area contributed by atoms with Gasteiger partial charge in [-0.1, -0.05) is 54.2 Å². The highest BCUT2D eigenvalue weighted by Crippen LogP contribution is 2.48. The van der Waals surface area contributed by atoms with E-state index >= 15 is 0 Å². The van der Waals surface area contributed by atoms with Crippen LogP contribution in [0.5, 0.6) is 0 Å². The molecule has 0 atom stereocenters. The van der Waals surface area contributed by atoms with Crippen LogP contribution in [0.2, 0.25) is 0 Å². The smallest absolute Gasteiger partial charge is 0.331 e. The molecule has 162 valence electrons. The molecule has 4 aromatic rings. The number of nitrogens with one attached hydrogen (secondary N) is 2. The molecule has 3 amide bonds. The molecule has 1 aliphatic heterocycles. The first-order valence-corrected chi connectivity index (χ1v) is 11.3. The Morgan fingerprint density at radius 3 is 2.18 bits per heavy atom. The molecule has 0 unspecified atom stereocenters. The summed E-state index contributed by atoms with van der Waals surface area (Å²) in [6.45, 7) is 0.346. The lowest BCUT2D eigenvalue weighted by Gasteiger charge is -2.31. The van der Waals surface area contributed by atoms with Gasteiger partial charge in [0.2, 0.25) is 0 Å². The molecule has 5 rings (SSSR count). The molecule has 6 nitrogen and oxygen atoms in total. The van der Waals surface area contributed by atoms with Crippen LogP contribution in [-0.4, -0.2) is 16.9 Å². The Morgan fingerprint density at radius 2 is 1.48 bits per heavy atom. The van der Waals surface area contributed by atoms with E-state index in [2.05, 4.69) is 15.6 Å². The Hall–Kier alpha value is -4.10. The van der Waals surface area contributed by atoms with Gasteiger partial charge in [-0.3, -0.25) is 14.7 Å². The van der Waals surface area contributed by atoms with Gasteiger partial charge in [0, 0.05) is 28.7 Å². The van der Waals surface area contributed by atoms with Gasteiger partial charge in [-0.15, -0.1) is 0 Å². The van der Waals surface area contributed by atoms with Gasteiger partial charge >= 0.3 is 6.03 Å². The molecule has 0 radical (unpaired) electrons. The standard InChI is InChI=1S/C26H20N4O2S/c31-25(28-17-18-8-7-15-27-16-18)19-9-1-2-10-20(19)29-26(32)30-21-11-3-5-13-23(21)33-24-14-6-4-12-22(24)30/h1-16H,17H2,(H,28,31)(H,29,32). The van der Waals surface area contributed by atoms with Crippen molar-refractivity contribution in [1.82, 2.24) is 10.3 Å². The number of fused-ring (bicyclic) bond motifs is 2. The third-order valence-electron chi connectivity index (χ3n) is 5.22. The summed E-state index contributed by atoms with van der Waals surface area (Å²) in [7, 11) is 0. The maximum atomic E-state index is 13.5. The minimum atomic E-state index is -0.331. The molecule has 3 aromatic carbocycles. The molecule has 0 aliphatic carbocycles. The van der Waals surface area contributed by atoms with Crippen molar-refractivity contribution in [3.05, 3.63) is 108 Å². The van der Waals surface area contributed by atoms with Crippen LogP contribution in [0.4, 0.5) is 21.9 Å². The van der Waals surface area contributed by atoms with Crippen LogP contribution in [0.25, 0.3) is 0 Å². The second-order valence-corrected chi connectivity index (χ2v) is 8.48. The van der Waals surface area contributed by atoms with E-state index in [0.29, 0.717) is 17.8 Å². The number of aromatic nitrogens is 1. The lowest BCUT2D eigenvalue weighted by Crippen LogP contribution is -2.33. The summed E-state index contributed by atoms with van der Waals surface area (Å²) in [5.74, 6) is -0.273. The van der Waals surface area contributed by atoms with Crippen LogP contribution in [0, 0.1) is 0 Å².